The van der Waals surface area contributed by atoms with Crippen LogP contribution in [0.5, 0.6) is 11.5 Å². The molecule has 2 aromatic carbocycles. The predicted molar refractivity (Wildman–Crippen MR) is 126 cm³/mol. The van der Waals surface area contributed by atoms with Gasteiger partial charge in [-0.05, 0) is 62.6 Å². The second-order valence-electron chi connectivity index (χ2n) is 8.55. The van der Waals surface area contributed by atoms with Crippen LogP contribution in [-0.4, -0.2) is 38.1 Å². The summed E-state index contributed by atoms with van der Waals surface area (Å²) in [6, 6.07) is 12.9. The smallest absolute Gasteiger partial charge is 0.258 e. The number of methoxy groups -OCH3 is 1. The van der Waals surface area contributed by atoms with E-state index < -0.39 is 0 Å². The van der Waals surface area contributed by atoms with Crippen molar-refractivity contribution in [3.05, 3.63) is 58.6 Å². The first kappa shape index (κ1) is 23.9. The molecule has 0 radical (unpaired) electrons. The monoisotopic (exact) mass is 458 g/mol. The summed E-state index contributed by atoms with van der Waals surface area (Å²) < 4.78 is 10.9. The third-order valence-electron chi connectivity index (χ3n) is 5.84. The van der Waals surface area contributed by atoms with Gasteiger partial charge in [0.2, 0.25) is 0 Å². The first-order chi connectivity index (χ1) is 15.3. The summed E-state index contributed by atoms with van der Waals surface area (Å²) in [5.41, 5.74) is 1.61. The van der Waals surface area contributed by atoms with E-state index in [9.17, 15) is 9.59 Å². The van der Waals surface area contributed by atoms with Crippen molar-refractivity contribution in [3.63, 3.8) is 0 Å². The van der Waals surface area contributed by atoms with E-state index in [0.29, 0.717) is 28.6 Å². The molecule has 0 spiro atoms. The van der Waals surface area contributed by atoms with E-state index in [4.69, 9.17) is 21.1 Å². The number of carbonyl (C=O) groups excluding carboxylic acids is 2. The molecule has 1 saturated carbocycles. The van der Waals surface area contributed by atoms with Gasteiger partial charge in [0.1, 0.15) is 0 Å². The highest BCUT2D eigenvalue weighted by molar-refractivity contribution is 6.30. The van der Waals surface area contributed by atoms with Gasteiger partial charge in [-0.1, -0.05) is 36.6 Å². The average Bonchev–Trinajstić information content (AvgIpc) is 3.26. The molecule has 0 atom stereocenters. The Morgan fingerprint density at radius 3 is 2.38 bits per heavy atom. The number of hydrogen-bond donors (Lipinski definition) is 2. The Kier molecular flexibility index (Phi) is 8.02. The number of hydrogen-bond acceptors (Lipinski definition) is 4. The minimum atomic E-state index is -0.215. The van der Waals surface area contributed by atoms with Gasteiger partial charge >= 0.3 is 0 Å². The van der Waals surface area contributed by atoms with Crippen molar-refractivity contribution in [1.29, 1.82) is 0 Å². The van der Waals surface area contributed by atoms with Crippen LogP contribution in [-0.2, 0) is 10.2 Å². The Bertz CT molecular complexity index is 937. The van der Waals surface area contributed by atoms with Crippen LogP contribution in [0.3, 0.4) is 0 Å². The van der Waals surface area contributed by atoms with Gasteiger partial charge in [-0.25, -0.2) is 0 Å². The maximum absolute atomic E-state index is 12.9. The molecule has 0 aromatic heterocycles. The maximum Gasteiger partial charge on any atom is 0.258 e. The molecular weight excluding hydrogens is 428 g/mol. The van der Waals surface area contributed by atoms with Crippen LogP contribution < -0.4 is 20.1 Å². The van der Waals surface area contributed by atoms with Crippen LogP contribution in [0.25, 0.3) is 0 Å². The number of nitrogens with one attached hydrogen (secondary N) is 2. The fraction of sp³-hybridized carbons (Fsp3) is 0.440. The summed E-state index contributed by atoms with van der Waals surface area (Å²) >= 11 is 6.06. The molecule has 2 amide bonds. The Balaban J connectivity index is 1.66. The topological polar surface area (TPSA) is 76.7 Å². The van der Waals surface area contributed by atoms with Gasteiger partial charge in [0.25, 0.3) is 11.8 Å². The number of amides is 2. The van der Waals surface area contributed by atoms with E-state index in [1.54, 1.807) is 18.2 Å². The van der Waals surface area contributed by atoms with Crippen molar-refractivity contribution in [2.75, 3.05) is 20.3 Å². The van der Waals surface area contributed by atoms with Crippen LogP contribution in [0.1, 0.15) is 55.5 Å². The van der Waals surface area contributed by atoms with E-state index in [2.05, 4.69) is 22.8 Å². The zero-order valence-electron chi connectivity index (χ0n) is 18.9. The van der Waals surface area contributed by atoms with Crippen molar-refractivity contribution in [2.45, 2.75) is 51.0 Å². The van der Waals surface area contributed by atoms with Crippen molar-refractivity contribution >= 4 is 23.4 Å². The summed E-state index contributed by atoms with van der Waals surface area (Å²) in [6.07, 6.45) is 4.35. The Labute approximate surface area is 194 Å². The lowest BCUT2D eigenvalue weighted by molar-refractivity contribution is -0.123. The second-order valence-corrected chi connectivity index (χ2v) is 8.99. The van der Waals surface area contributed by atoms with Crippen LogP contribution in [0.4, 0.5) is 0 Å². The van der Waals surface area contributed by atoms with Gasteiger partial charge < -0.3 is 20.1 Å². The molecule has 2 aromatic rings. The van der Waals surface area contributed by atoms with Crippen LogP contribution in [0.2, 0.25) is 5.02 Å². The lowest BCUT2D eigenvalue weighted by Gasteiger charge is -2.30. The average molecular weight is 459 g/mol. The van der Waals surface area contributed by atoms with E-state index in [0.717, 1.165) is 25.7 Å². The Hall–Kier alpha value is -2.73. The summed E-state index contributed by atoms with van der Waals surface area (Å²) in [7, 11) is 1.51. The minimum absolute atomic E-state index is 0.0371. The highest BCUT2D eigenvalue weighted by atomic mass is 35.5. The number of carbonyl (C=O) groups is 2. The lowest BCUT2D eigenvalue weighted by atomic mass is 9.79. The van der Waals surface area contributed by atoms with Crippen LogP contribution in [0, 0.1) is 0 Å². The molecule has 32 heavy (non-hydrogen) atoms. The van der Waals surface area contributed by atoms with Gasteiger partial charge in [-0.2, -0.15) is 0 Å². The zero-order chi connectivity index (χ0) is 23.1. The molecule has 172 valence electrons. The number of rotatable bonds is 9. The Morgan fingerprint density at radius 2 is 1.75 bits per heavy atom. The molecule has 1 aliphatic rings. The molecule has 0 heterocycles. The molecule has 6 nitrogen and oxygen atoms in total. The molecular formula is C25H31ClN2O4. The highest BCUT2D eigenvalue weighted by Crippen LogP contribution is 2.41. The van der Waals surface area contributed by atoms with Crippen LogP contribution in [0.15, 0.2) is 42.5 Å². The van der Waals surface area contributed by atoms with Crippen LogP contribution >= 0.6 is 11.6 Å². The summed E-state index contributed by atoms with van der Waals surface area (Å²) in [6.45, 7) is 4.20. The fourth-order valence-electron chi connectivity index (χ4n) is 4.21. The minimum Gasteiger partial charge on any atom is -0.493 e. The van der Waals surface area contributed by atoms with E-state index in [1.807, 2.05) is 26.0 Å². The van der Waals surface area contributed by atoms with E-state index in [-0.39, 0.29) is 29.9 Å². The van der Waals surface area contributed by atoms with E-state index >= 15 is 0 Å². The van der Waals surface area contributed by atoms with Crippen molar-refractivity contribution in [3.8, 4) is 11.5 Å². The molecule has 0 saturated heterocycles. The molecule has 0 bridgehead atoms. The fourth-order valence-corrected chi connectivity index (χ4v) is 4.34. The molecule has 0 unspecified atom stereocenters. The lowest BCUT2D eigenvalue weighted by Crippen LogP contribution is -2.39. The summed E-state index contributed by atoms with van der Waals surface area (Å²) in [4.78, 5) is 24.7. The van der Waals surface area contributed by atoms with Gasteiger partial charge in [0.15, 0.2) is 18.1 Å². The zero-order valence-corrected chi connectivity index (χ0v) is 19.6. The molecule has 1 fully saturated rings. The van der Waals surface area contributed by atoms with Crippen molar-refractivity contribution < 1.29 is 19.1 Å². The largest absolute Gasteiger partial charge is 0.493 e. The second kappa shape index (κ2) is 10.7. The number of ether oxygens (including phenoxy) is 2. The van der Waals surface area contributed by atoms with E-state index in [1.165, 1.54) is 12.7 Å². The number of benzene rings is 2. The first-order valence-corrected chi connectivity index (χ1v) is 11.4. The molecule has 3 rings (SSSR count). The molecule has 2 N–H and O–H groups in total. The normalized spacial score (nSPS) is 14.8. The van der Waals surface area contributed by atoms with Gasteiger partial charge in [-0.15, -0.1) is 0 Å². The van der Waals surface area contributed by atoms with Crippen molar-refractivity contribution in [2.24, 2.45) is 0 Å². The maximum atomic E-state index is 12.9. The summed E-state index contributed by atoms with van der Waals surface area (Å²) in [5, 5.41) is 6.58. The molecule has 7 heteroatoms. The highest BCUT2D eigenvalue weighted by Gasteiger charge is 2.36. The molecule has 1 aliphatic carbocycles. The number of halogens is 1. The van der Waals surface area contributed by atoms with Gasteiger partial charge in [0.05, 0.1) is 7.11 Å². The third-order valence-corrected chi connectivity index (χ3v) is 6.09. The first-order valence-electron chi connectivity index (χ1n) is 11.0. The molecule has 0 aliphatic heterocycles. The summed E-state index contributed by atoms with van der Waals surface area (Å²) in [5.74, 6) is 0.431. The van der Waals surface area contributed by atoms with Gasteiger partial charge in [0, 0.05) is 28.6 Å². The Morgan fingerprint density at radius 1 is 1.06 bits per heavy atom. The van der Waals surface area contributed by atoms with Gasteiger partial charge in [-0.3, -0.25) is 9.59 Å². The predicted octanol–water partition coefficient (Wildman–Crippen LogP) is 4.49. The van der Waals surface area contributed by atoms with Crippen molar-refractivity contribution in [1.82, 2.24) is 10.6 Å². The quantitative estimate of drug-likeness (QED) is 0.580. The standard InChI is InChI=1S/C25H31ClN2O4/c1-17(2)28-23(29)15-32-21-11-6-18(14-22(21)31-3)24(30)27-16-25(12-4-5-13-25)19-7-9-20(26)10-8-19/h6-11,14,17H,4-5,12-13,15-16H2,1-3H3,(H,27,30)(H,28,29). The SMILES string of the molecule is COc1cc(C(=O)NCC2(c3ccc(Cl)cc3)CCCC2)ccc1OCC(=O)NC(C)C. The third kappa shape index (κ3) is 5.94.